The topological polar surface area (TPSA) is 17.8 Å². The summed E-state index contributed by atoms with van der Waals surface area (Å²) < 4.78 is 15.9. The molecule has 0 radical (unpaired) electrons. The molecule has 0 saturated heterocycles. The second-order valence-electron chi connectivity index (χ2n) is 4.25. The zero-order valence-corrected chi connectivity index (χ0v) is 12.1. The van der Waals surface area contributed by atoms with Crippen molar-refractivity contribution < 1.29 is 4.39 Å². The van der Waals surface area contributed by atoms with Crippen LogP contribution in [0.4, 0.5) is 4.39 Å². The van der Waals surface area contributed by atoms with Crippen molar-refractivity contribution in [2.24, 2.45) is 0 Å². The van der Waals surface area contributed by atoms with Crippen LogP contribution in [0.1, 0.15) is 5.56 Å². The second kappa shape index (κ2) is 4.94. The predicted octanol–water partition coefficient (Wildman–Crippen LogP) is 4.64. The van der Waals surface area contributed by atoms with Gasteiger partial charge in [0.05, 0.1) is 17.1 Å². The summed E-state index contributed by atoms with van der Waals surface area (Å²) in [5.41, 5.74) is 1.83. The van der Waals surface area contributed by atoms with E-state index in [9.17, 15) is 4.39 Å². The van der Waals surface area contributed by atoms with Crippen molar-refractivity contribution in [3.8, 4) is 0 Å². The summed E-state index contributed by atoms with van der Waals surface area (Å²) >= 11 is 9.26. The minimum Gasteiger partial charge on any atom is -0.267 e. The Bertz CT molecular complexity index is 754. The Labute approximate surface area is 122 Å². The fourth-order valence-corrected chi connectivity index (χ4v) is 2.62. The zero-order chi connectivity index (χ0) is 13.4. The summed E-state index contributed by atoms with van der Waals surface area (Å²) in [6.45, 7) is 0.557. The van der Waals surface area contributed by atoms with Crippen molar-refractivity contribution in [1.29, 1.82) is 0 Å². The standard InChI is InChI=1S/C14H9BrClFN2/c15-11-2-1-3-14-10(11)8-19(18-14)7-9-4-5-13(17)12(16)6-9/h1-6,8H,7H2. The zero-order valence-electron chi connectivity index (χ0n) is 9.78. The third-order valence-corrected chi connectivity index (χ3v) is 3.85. The van der Waals surface area contributed by atoms with Gasteiger partial charge in [-0.2, -0.15) is 5.10 Å². The van der Waals surface area contributed by atoms with Crippen molar-refractivity contribution in [2.45, 2.75) is 6.54 Å². The molecule has 0 aliphatic heterocycles. The summed E-state index contributed by atoms with van der Waals surface area (Å²) in [7, 11) is 0. The summed E-state index contributed by atoms with van der Waals surface area (Å²) in [4.78, 5) is 0. The number of hydrogen-bond acceptors (Lipinski definition) is 1. The van der Waals surface area contributed by atoms with E-state index in [0.717, 1.165) is 20.9 Å². The highest BCUT2D eigenvalue weighted by Crippen LogP contribution is 2.23. The molecule has 5 heteroatoms. The lowest BCUT2D eigenvalue weighted by atomic mass is 10.2. The third-order valence-electron chi connectivity index (χ3n) is 2.87. The van der Waals surface area contributed by atoms with Crippen molar-refractivity contribution in [3.05, 3.63) is 63.5 Å². The van der Waals surface area contributed by atoms with Crippen molar-refractivity contribution in [1.82, 2.24) is 9.78 Å². The molecule has 0 N–H and O–H groups in total. The molecule has 96 valence electrons. The summed E-state index contributed by atoms with van der Waals surface area (Å²) in [6, 6.07) is 10.6. The molecular weight excluding hydrogens is 331 g/mol. The highest BCUT2D eigenvalue weighted by atomic mass is 79.9. The van der Waals surface area contributed by atoms with Gasteiger partial charge in [-0.05, 0) is 29.8 Å². The average molecular weight is 340 g/mol. The number of hydrogen-bond donors (Lipinski definition) is 0. The van der Waals surface area contributed by atoms with E-state index in [2.05, 4.69) is 21.0 Å². The van der Waals surface area contributed by atoms with Gasteiger partial charge in [0.2, 0.25) is 0 Å². The van der Waals surface area contributed by atoms with E-state index in [-0.39, 0.29) is 5.02 Å². The number of benzene rings is 2. The molecule has 0 fully saturated rings. The van der Waals surface area contributed by atoms with Crippen LogP contribution in [0, 0.1) is 5.82 Å². The normalized spacial score (nSPS) is 11.1. The van der Waals surface area contributed by atoms with Gasteiger partial charge >= 0.3 is 0 Å². The lowest BCUT2D eigenvalue weighted by Crippen LogP contribution is -2.00. The second-order valence-corrected chi connectivity index (χ2v) is 5.51. The maximum atomic E-state index is 13.1. The Morgan fingerprint density at radius 2 is 2.11 bits per heavy atom. The Morgan fingerprint density at radius 3 is 2.84 bits per heavy atom. The van der Waals surface area contributed by atoms with E-state index in [1.54, 1.807) is 12.1 Å². The third kappa shape index (κ3) is 2.51. The molecule has 0 bridgehead atoms. The molecule has 2 aromatic carbocycles. The van der Waals surface area contributed by atoms with E-state index < -0.39 is 5.82 Å². The highest BCUT2D eigenvalue weighted by Gasteiger charge is 2.06. The molecule has 1 aromatic heterocycles. The molecule has 2 nitrogen and oxygen atoms in total. The van der Waals surface area contributed by atoms with Crippen LogP contribution in [0.2, 0.25) is 5.02 Å². The molecule has 0 aliphatic carbocycles. The molecule has 0 unspecified atom stereocenters. The summed E-state index contributed by atoms with van der Waals surface area (Å²) in [5, 5.41) is 5.66. The van der Waals surface area contributed by atoms with Gasteiger partial charge in [-0.15, -0.1) is 0 Å². The Hall–Kier alpha value is -1.39. The molecule has 0 amide bonds. The van der Waals surface area contributed by atoms with Crippen LogP contribution in [-0.2, 0) is 6.54 Å². The number of aromatic nitrogens is 2. The first-order chi connectivity index (χ1) is 9.13. The van der Waals surface area contributed by atoms with E-state index in [0.29, 0.717) is 6.54 Å². The number of nitrogens with zero attached hydrogens (tertiary/aromatic N) is 2. The molecule has 0 spiro atoms. The summed E-state index contributed by atoms with van der Waals surface area (Å²) in [6.07, 6.45) is 1.96. The van der Waals surface area contributed by atoms with Gasteiger partial charge in [-0.3, -0.25) is 4.68 Å². The molecule has 1 heterocycles. The quantitative estimate of drug-likeness (QED) is 0.665. The monoisotopic (exact) mass is 338 g/mol. The Kier molecular flexibility index (Phi) is 3.29. The van der Waals surface area contributed by atoms with Crippen LogP contribution in [0.5, 0.6) is 0 Å². The van der Waals surface area contributed by atoms with Gasteiger partial charge in [0.15, 0.2) is 0 Å². The van der Waals surface area contributed by atoms with Gasteiger partial charge in [-0.25, -0.2) is 4.39 Å². The molecule has 3 rings (SSSR count). The Balaban J connectivity index is 1.96. The lowest BCUT2D eigenvalue weighted by molar-refractivity contribution is 0.625. The van der Waals surface area contributed by atoms with Gasteiger partial charge in [0, 0.05) is 16.1 Å². The van der Waals surface area contributed by atoms with Crippen LogP contribution >= 0.6 is 27.5 Å². The smallest absolute Gasteiger partial charge is 0.141 e. The van der Waals surface area contributed by atoms with E-state index in [1.807, 2.05) is 29.1 Å². The maximum Gasteiger partial charge on any atom is 0.141 e. The maximum absolute atomic E-state index is 13.1. The van der Waals surface area contributed by atoms with Gasteiger partial charge < -0.3 is 0 Å². The molecular formula is C14H9BrClFN2. The van der Waals surface area contributed by atoms with Crippen LogP contribution in [0.15, 0.2) is 47.1 Å². The fourth-order valence-electron chi connectivity index (χ4n) is 1.96. The van der Waals surface area contributed by atoms with Crippen molar-refractivity contribution in [2.75, 3.05) is 0 Å². The molecule has 0 saturated carbocycles. The van der Waals surface area contributed by atoms with Gasteiger partial charge in [0.1, 0.15) is 5.82 Å². The van der Waals surface area contributed by atoms with Crippen LogP contribution in [0.3, 0.4) is 0 Å². The molecule has 0 atom stereocenters. The SMILES string of the molecule is Fc1ccc(Cn2cc3c(Br)cccc3n2)cc1Cl. The first kappa shape index (κ1) is 12.6. The number of fused-ring (bicyclic) bond motifs is 1. The highest BCUT2D eigenvalue weighted by molar-refractivity contribution is 9.10. The first-order valence-corrected chi connectivity index (χ1v) is 6.86. The minimum atomic E-state index is -0.404. The summed E-state index contributed by atoms with van der Waals surface area (Å²) in [5.74, 6) is -0.404. The number of rotatable bonds is 2. The van der Waals surface area contributed by atoms with Crippen LogP contribution in [0.25, 0.3) is 10.9 Å². The van der Waals surface area contributed by atoms with Crippen molar-refractivity contribution >= 4 is 38.4 Å². The molecule has 19 heavy (non-hydrogen) atoms. The molecule has 3 aromatic rings. The van der Waals surface area contributed by atoms with Crippen LogP contribution < -0.4 is 0 Å². The van der Waals surface area contributed by atoms with Gasteiger partial charge in [-0.1, -0.05) is 39.7 Å². The largest absolute Gasteiger partial charge is 0.267 e. The first-order valence-electron chi connectivity index (χ1n) is 5.69. The average Bonchev–Trinajstić information content (AvgIpc) is 2.78. The van der Waals surface area contributed by atoms with Gasteiger partial charge in [0.25, 0.3) is 0 Å². The fraction of sp³-hybridized carbons (Fsp3) is 0.0714. The van der Waals surface area contributed by atoms with E-state index >= 15 is 0 Å². The van der Waals surface area contributed by atoms with Crippen LogP contribution in [-0.4, -0.2) is 9.78 Å². The lowest BCUT2D eigenvalue weighted by Gasteiger charge is -2.02. The minimum absolute atomic E-state index is 0.135. The Morgan fingerprint density at radius 1 is 1.26 bits per heavy atom. The number of halogens is 3. The van der Waals surface area contributed by atoms with Crippen molar-refractivity contribution in [3.63, 3.8) is 0 Å². The van der Waals surface area contributed by atoms with E-state index in [4.69, 9.17) is 11.6 Å². The van der Waals surface area contributed by atoms with E-state index in [1.165, 1.54) is 6.07 Å². The predicted molar refractivity (Wildman–Crippen MR) is 77.9 cm³/mol. The molecule has 0 aliphatic rings.